The molecule has 1 rings (SSSR count). The van der Waals surface area contributed by atoms with Crippen LogP contribution in [0.5, 0.6) is 0 Å². The summed E-state index contributed by atoms with van der Waals surface area (Å²) in [7, 11) is 1.25. The van der Waals surface area contributed by atoms with Gasteiger partial charge in [-0.05, 0) is 6.08 Å². The molecule has 0 saturated carbocycles. The van der Waals surface area contributed by atoms with E-state index >= 15 is 0 Å². The molecule has 1 aliphatic rings. The van der Waals surface area contributed by atoms with Gasteiger partial charge in [0.2, 0.25) is 6.10 Å². The fraction of sp³-hybridized carbons (Fsp3) is 0.444. The van der Waals surface area contributed by atoms with Crippen LogP contribution in [0.1, 0.15) is 6.42 Å². The van der Waals surface area contributed by atoms with Gasteiger partial charge in [0.15, 0.2) is 0 Å². The van der Waals surface area contributed by atoms with Crippen LogP contribution in [-0.4, -0.2) is 25.2 Å². The van der Waals surface area contributed by atoms with Crippen molar-refractivity contribution in [1.82, 2.24) is 0 Å². The summed E-state index contributed by atoms with van der Waals surface area (Å²) in [5.41, 5.74) is 2.52. The van der Waals surface area contributed by atoms with Crippen molar-refractivity contribution < 1.29 is 19.1 Å². The summed E-state index contributed by atoms with van der Waals surface area (Å²) in [6.07, 6.45) is 0.904. The minimum atomic E-state index is -0.827. The molecule has 0 aromatic heterocycles. The number of cyclic esters (lactones) is 1. The number of carbonyl (C=O) groups excluding carboxylic acids is 2. The van der Waals surface area contributed by atoms with E-state index in [4.69, 9.17) is 4.74 Å². The van der Waals surface area contributed by atoms with Crippen LogP contribution in [0.15, 0.2) is 18.4 Å². The van der Waals surface area contributed by atoms with Crippen LogP contribution in [0.4, 0.5) is 0 Å². The molecule has 70 valence electrons. The lowest BCUT2D eigenvalue weighted by Gasteiger charge is -2.10. The Morgan fingerprint density at radius 1 is 1.85 bits per heavy atom. The highest BCUT2D eigenvalue weighted by Crippen LogP contribution is 2.23. The highest BCUT2D eigenvalue weighted by Gasteiger charge is 2.39. The van der Waals surface area contributed by atoms with E-state index in [9.17, 15) is 9.59 Å². The van der Waals surface area contributed by atoms with Crippen molar-refractivity contribution in [2.45, 2.75) is 12.5 Å². The first-order chi connectivity index (χ1) is 6.19. The molecule has 0 amide bonds. The van der Waals surface area contributed by atoms with E-state index in [-0.39, 0.29) is 12.3 Å². The third-order valence-electron chi connectivity index (χ3n) is 1.82. The Morgan fingerprint density at radius 2 is 2.54 bits per heavy atom. The van der Waals surface area contributed by atoms with Crippen LogP contribution in [0.2, 0.25) is 0 Å². The van der Waals surface area contributed by atoms with E-state index in [1.807, 2.05) is 0 Å². The van der Waals surface area contributed by atoms with Crippen LogP contribution in [0.3, 0.4) is 0 Å². The first-order valence-electron chi connectivity index (χ1n) is 3.82. The summed E-state index contributed by atoms with van der Waals surface area (Å²) in [5.74, 6) is -1.23. The molecular weight excluding hydrogens is 172 g/mol. The predicted molar refractivity (Wildman–Crippen MR) is 43.7 cm³/mol. The predicted octanol–water partition coefficient (Wildman–Crippen LogP) is 0.432. The Morgan fingerprint density at radius 3 is 3.08 bits per heavy atom. The second-order valence-electron chi connectivity index (χ2n) is 2.67. The fourth-order valence-corrected chi connectivity index (χ4v) is 1.21. The molecular formula is C9H10O4. The molecule has 0 aliphatic carbocycles. The van der Waals surface area contributed by atoms with Crippen LogP contribution in [0.25, 0.3) is 0 Å². The van der Waals surface area contributed by atoms with Crippen LogP contribution in [0, 0.1) is 5.92 Å². The normalized spacial score (nSPS) is 26.1. The average molecular weight is 182 g/mol. The zero-order chi connectivity index (χ0) is 9.84. The molecule has 0 radical (unpaired) electrons. The summed E-state index contributed by atoms with van der Waals surface area (Å²) < 4.78 is 9.24. The third-order valence-corrected chi connectivity index (χ3v) is 1.82. The molecule has 0 bridgehead atoms. The zero-order valence-electron chi connectivity index (χ0n) is 7.28. The van der Waals surface area contributed by atoms with Gasteiger partial charge in [0.1, 0.15) is 0 Å². The number of ether oxygens (including phenoxy) is 2. The summed E-state index contributed by atoms with van der Waals surface area (Å²) >= 11 is 0. The lowest BCUT2D eigenvalue weighted by atomic mass is 10.0. The van der Waals surface area contributed by atoms with Crippen molar-refractivity contribution in [3.8, 4) is 0 Å². The molecule has 1 fully saturated rings. The van der Waals surface area contributed by atoms with Crippen molar-refractivity contribution in [1.29, 1.82) is 0 Å². The van der Waals surface area contributed by atoms with Crippen LogP contribution < -0.4 is 0 Å². The monoisotopic (exact) mass is 182 g/mol. The van der Waals surface area contributed by atoms with Crippen LogP contribution in [-0.2, 0) is 19.1 Å². The minimum Gasteiger partial charge on any atom is -0.466 e. The van der Waals surface area contributed by atoms with Gasteiger partial charge >= 0.3 is 11.9 Å². The second kappa shape index (κ2) is 3.92. The quantitative estimate of drug-likeness (QED) is 0.459. The summed E-state index contributed by atoms with van der Waals surface area (Å²) in [4.78, 5) is 21.9. The summed E-state index contributed by atoms with van der Waals surface area (Å²) in [5, 5.41) is 0. The maximum atomic E-state index is 11.1. The Kier molecular flexibility index (Phi) is 2.88. The van der Waals surface area contributed by atoms with Gasteiger partial charge in [-0.25, -0.2) is 4.79 Å². The molecule has 1 heterocycles. The SMILES string of the molecule is C=C=CC1CC(=O)OC1C(=O)OC. The molecule has 1 saturated heterocycles. The minimum absolute atomic E-state index is 0.183. The zero-order valence-corrected chi connectivity index (χ0v) is 7.28. The maximum absolute atomic E-state index is 11.1. The number of rotatable bonds is 2. The summed E-state index contributed by atoms with van der Waals surface area (Å²) in [6.45, 7) is 3.37. The van der Waals surface area contributed by atoms with Gasteiger partial charge < -0.3 is 9.47 Å². The topological polar surface area (TPSA) is 52.6 Å². The molecule has 0 aromatic rings. The van der Waals surface area contributed by atoms with Crippen molar-refractivity contribution in [3.05, 3.63) is 18.4 Å². The number of hydrogen-bond acceptors (Lipinski definition) is 4. The average Bonchev–Trinajstić information content (AvgIpc) is 2.46. The molecule has 0 aromatic carbocycles. The van der Waals surface area contributed by atoms with E-state index in [1.165, 1.54) is 7.11 Å². The first-order valence-corrected chi connectivity index (χ1v) is 3.82. The lowest BCUT2D eigenvalue weighted by Crippen LogP contribution is -2.26. The van der Waals surface area contributed by atoms with Gasteiger partial charge in [-0.3, -0.25) is 4.79 Å². The number of esters is 2. The molecule has 0 spiro atoms. The van der Waals surface area contributed by atoms with E-state index in [0.717, 1.165) is 0 Å². The Hall–Kier alpha value is -1.54. The van der Waals surface area contributed by atoms with Gasteiger partial charge in [-0.15, -0.1) is 5.73 Å². The van der Waals surface area contributed by atoms with Crippen LogP contribution >= 0.6 is 0 Å². The van der Waals surface area contributed by atoms with E-state index in [1.54, 1.807) is 6.08 Å². The van der Waals surface area contributed by atoms with Crippen molar-refractivity contribution >= 4 is 11.9 Å². The van der Waals surface area contributed by atoms with E-state index in [0.29, 0.717) is 0 Å². The Bertz CT molecular complexity index is 275. The lowest BCUT2D eigenvalue weighted by molar-refractivity contribution is -0.160. The van der Waals surface area contributed by atoms with Crippen molar-refractivity contribution in [3.63, 3.8) is 0 Å². The molecule has 4 heteroatoms. The van der Waals surface area contributed by atoms with Crippen molar-refractivity contribution in [2.75, 3.05) is 7.11 Å². The molecule has 2 atom stereocenters. The number of carbonyl (C=O) groups is 2. The molecule has 0 N–H and O–H groups in total. The fourth-order valence-electron chi connectivity index (χ4n) is 1.21. The second-order valence-corrected chi connectivity index (χ2v) is 2.67. The van der Waals surface area contributed by atoms with Gasteiger partial charge in [0.05, 0.1) is 13.5 Å². The maximum Gasteiger partial charge on any atom is 0.347 e. The molecule has 13 heavy (non-hydrogen) atoms. The Balaban J connectivity index is 2.76. The van der Waals surface area contributed by atoms with E-state index < -0.39 is 18.0 Å². The molecule has 4 nitrogen and oxygen atoms in total. The van der Waals surface area contributed by atoms with Gasteiger partial charge in [0.25, 0.3) is 0 Å². The highest BCUT2D eigenvalue weighted by atomic mass is 16.6. The largest absolute Gasteiger partial charge is 0.466 e. The van der Waals surface area contributed by atoms with Gasteiger partial charge in [-0.1, -0.05) is 6.58 Å². The number of methoxy groups -OCH3 is 1. The summed E-state index contributed by atoms with van der Waals surface area (Å²) in [6, 6.07) is 0. The smallest absolute Gasteiger partial charge is 0.347 e. The van der Waals surface area contributed by atoms with Gasteiger partial charge in [-0.2, -0.15) is 0 Å². The third kappa shape index (κ3) is 1.98. The first kappa shape index (κ1) is 9.55. The molecule has 1 aliphatic heterocycles. The Labute approximate surface area is 75.8 Å². The van der Waals surface area contributed by atoms with Crippen molar-refractivity contribution in [2.24, 2.45) is 5.92 Å². The standard InChI is InChI=1S/C9H10O4/c1-3-4-6-5-7(10)13-8(6)9(11)12-2/h4,6,8H,1,5H2,2H3. The van der Waals surface area contributed by atoms with Gasteiger partial charge in [0, 0.05) is 5.92 Å². The molecule has 2 unspecified atom stereocenters. The van der Waals surface area contributed by atoms with E-state index in [2.05, 4.69) is 17.0 Å². The number of hydrogen-bond donors (Lipinski definition) is 0. The highest BCUT2D eigenvalue weighted by molar-refractivity contribution is 5.83.